The second kappa shape index (κ2) is 5.82. The van der Waals surface area contributed by atoms with Gasteiger partial charge in [0.05, 0.1) is 11.5 Å². The summed E-state index contributed by atoms with van der Waals surface area (Å²) in [7, 11) is -2.80. The van der Waals surface area contributed by atoms with Crippen molar-refractivity contribution in [3.05, 3.63) is 0 Å². The van der Waals surface area contributed by atoms with Gasteiger partial charge in [-0.25, -0.2) is 8.42 Å². The van der Waals surface area contributed by atoms with Gasteiger partial charge in [-0.3, -0.25) is 0 Å². The predicted molar refractivity (Wildman–Crippen MR) is 60.5 cm³/mol. The summed E-state index contributed by atoms with van der Waals surface area (Å²) in [5.74, 6) is 1.02. The molecule has 90 valence electrons. The summed E-state index contributed by atoms with van der Waals surface area (Å²) in [6, 6.07) is 0.116. The Hall–Kier alpha value is -0.130. The summed E-state index contributed by atoms with van der Waals surface area (Å²) in [6.45, 7) is 3.05. The van der Waals surface area contributed by atoms with Crippen molar-refractivity contribution in [3.8, 4) is 0 Å². The molecule has 0 bridgehead atoms. The molecule has 15 heavy (non-hydrogen) atoms. The van der Waals surface area contributed by atoms with E-state index in [4.69, 9.17) is 5.11 Å². The molecule has 0 aliphatic carbocycles. The fraction of sp³-hybridized carbons (Fsp3) is 1.00. The van der Waals surface area contributed by atoms with Crippen molar-refractivity contribution in [3.63, 3.8) is 0 Å². The van der Waals surface area contributed by atoms with E-state index in [1.165, 1.54) is 0 Å². The average molecular weight is 235 g/mol. The molecule has 2 atom stereocenters. The lowest BCUT2D eigenvalue weighted by Gasteiger charge is -2.24. The van der Waals surface area contributed by atoms with Gasteiger partial charge in [0, 0.05) is 12.6 Å². The Labute approximate surface area is 92.0 Å². The highest BCUT2D eigenvalue weighted by atomic mass is 32.2. The van der Waals surface area contributed by atoms with Crippen LogP contribution in [-0.2, 0) is 9.84 Å². The van der Waals surface area contributed by atoms with E-state index >= 15 is 0 Å². The first-order chi connectivity index (χ1) is 7.03. The van der Waals surface area contributed by atoms with E-state index in [-0.39, 0.29) is 18.4 Å². The molecular weight excluding hydrogens is 214 g/mol. The van der Waals surface area contributed by atoms with Gasteiger partial charge in [0.2, 0.25) is 0 Å². The Morgan fingerprint density at radius 3 is 2.87 bits per heavy atom. The summed E-state index contributed by atoms with van der Waals surface area (Å²) >= 11 is 0. The molecule has 1 heterocycles. The minimum absolute atomic E-state index is 0.116. The molecule has 1 rings (SSSR count). The van der Waals surface area contributed by atoms with Gasteiger partial charge in [0.25, 0.3) is 0 Å². The Morgan fingerprint density at radius 2 is 2.27 bits per heavy atom. The van der Waals surface area contributed by atoms with Gasteiger partial charge in [-0.15, -0.1) is 0 Å². The maximum Gasteiger partial charge on any atom is 0.151 e. The van der Waals surface area contributed by atoms with Gasteiger partial charge in [-0.2, -0.15) is 0 Å². The van der Waals surface area contributed by atoms with Gasteiger partial charge in [0.1, 0.15) is 0 Å². The highest BCUT2D eigenvalue weighted by molar-refractivity contribution is 7.91. The molecule has 4 nitrogen and oxygen atoms in total. The molecule has 1 saturated heterocycles. The molecule has 0 radical (unpaired) electrons. The van der Waals surface area contributed by atoms with Crippen LogP contribution >= 0.6 is 0 Å². The molecule has 1 fully saturated rings. The van der Waals surface area contributed by atoms with E-state index in [1.54, 1.807) is 0 Å². The van der Waals surface area contributed by atoms with E-state index < -0.39 is 9.84 Å². The maximum absolute atomic E-state index is 11.4. The van der Waals surface area contributed by atoms with Crippen LogP contribution in [0.15, 0.2) is 0 Å². The SMILES string of the molecule is CC(CCO)CNC1CCCS(=O)(=O)C1. The molecule has 0 amide bonds. The average Bonchev–Trinajstić information content (AvgIpc) is 2.14. The number of aliphatic hydroxyl groups is 1. The van der Waals surface area contributed by atoms with Crippen LogP contribution in [0.1, 0.15) is 26.2 Å². The topological polar surface area (TPSA) is 66.4 Å². The molecule has 0 aromatic rings. The highest BCUT2D eigenvalue weighted by Gasteiger charge is 2.24. The Bertz CT molecular complexity index is 276. The third-order valence-electron chi connectivity index (χ3n) is 2.84. The van der Waals surface area contributed by atoms with E-state index in [2.05, 4.69) is 12.2 Å². The zero-order valence-corrected chi connectivity index (χ0v) is 10.1. The summed E-state index contributed by atoms with van der Waals surface area (Å²) in [4.78, 5) is 0. The molecule has 1 aliphatic heterocycles. The van der Waals surface area contributed by atoms with Crippen LogP contribution in [0.3, 0.4) is 0 Å². The van der Waals surface area contributed by atoms with Crippen LogP contribution in [0.4, 0.5) is 0 Å². The smallest absolute Gasteiger partial charge is 0.151 e. The van der Waals surface area contributed by atoms with E-state index in [0.29, 0.717) is 11.7 Å². The zero-order valence-electron chi connectivity index (χ0n) is 9.28. The van der Waals surface area contributed by atoms with Crippen molar-refractivity contribution < 1.29 is 13.5 Å². The standard InChI is InChI=1S/C10H21NO3S/c1-9(4-5-12)7-11-10-3-2-6-15(13,14)8-10/h9-12H,2-8H2,1H3. The Balaban J connectivity index is 2.27. The second-order valence-electron chi connectivity index (χ2n) is 4.48. The van der Waals surface area contributed by atoms with Crippen LogP contribution < -0.4 is 5.32 Å². The molecule has 0 aromatic heterocycles. The zero-order chi connectivity index (χ0) is 11.3. The van der Waals surface area contributed by atoms with Crippen molar-refractivity contribution in [2.45, 2.75) is 32.2 Å². The highest BCUT2D eigenvalue weighted by Crippen LogP contribution is 2.12. The molecule has 2 N–H and O–H groups in total. The second-order valence-corrected chi connectivity index (χ2v) is 6.71. The van der Waals surface area contributed by atoms with Crippen molar-refractivity contribution >= 4 is 9.84 Å². The van der Waals surface area contributed by atoms with Gasteiger partial charge in [-0.05, 0) is 31.7 Å². The van der Waals surface area contributed by atoms with Crippen LogP contribution in [0.5, 0.6) is 0 Å². The number of sulfone groups is 1. The van der Waals surface area contributed by atoms with Gasteiger partial charge in [-0.1, -0.05) is 6.92 Å². The first-order valence-electron chi connectivity index (χ1n) is 5.58. The quantitative estimate of drug-likeness (QED) is 0.713. The van der Waals surface area contributed by atoms with E-state index in [1.807, 2.05) is 0 Å². The molecule has 0 saturated carbocycles. The van der Waals surface area contributed by atoms with E-state index in [9.17, 15) is 8.42 Å². The van der Waals surface area contributed by atoms with E-state index in [0.717, 1.165) is 25.8 Å². The van der Waals surface area contributed by atoms with Crippen LogP contribution in [0.25, 0.3) is 0 Å². The van der Waals surface area contributed by atoms with Crippen LogP contribution in [0, 0.1) is 5.92 Å². The summed E-state index contributed by atoms with van der Waals surface area (Å²) in [5, 5.41) is 12.0. The summed E-state index contributed by atoms with van der Waals surface area (Å²) in [6.07, 6.45) is 2.49. The number of aliphatic hydroxyl groups excluding tert-OH is 1. The molecular formula is C10H21NO3S. The lowest BCUT2D eigenvalue weighted by molar-refractivity contribution is 0.257. The largest absolute Gasteiger partial charge is 0.396 e. The monoisotopic (exact) mass is 235 g/mol. The van der Waals surface area contributed by atoms with Crippen molar-refractivity contribution in [1.29, 1.82) is 0 Å². The Kier molecular flexibility index (Phi) is 5.02. The van der Waals surface area contributed by atoms with Crippen molar-refractivity contribution in [2.24, 2.45) is 5.92 Å². The number of hydrogen-bond acceptors (Lipinski definition) is 4. The minimum Gasteiger partial charge on any atom is -0.396 e. The fourth-order valence-electron chi connectivity index (χ4n) is 1.87. The van der Waals surface area contributed by atoms with Gasteiger partial charge in [0.15, 0.2) is 9.84 Å². The lowest BCUT2D eigenvalue weighted by Crippen LogP contribution is -2.41. The molecule has 1 aliphatic rings. The third-order valence-corrected chi connectivity index (χ3v) is 4.66. The molecule has 0 spiro atoms. The number of hydrogen-bond donors (Lipinski definition) is 2. The normalized spacial score (nSPS) is 27.5. The summed E-state index contributed by atoms with van der Waals surface area (Å²) in [5.41, 5.74) is 0. The maximum atomic E-state index is 11.4. The first kappa shape index (κ1) is 12.9. The van der Waals surface area contributed by atoms with Crippen molar-refractivity contribution in [2.75, 3.05) is 24.7 Å². The van der Waals surface area contributed by atoms with Gasteiger partial charge < -0.3 is 10.4 Å². The molecule has 2 unspecified atom stereocenters. The predicted octanol–water partition coefficient (Wildman–Crippen LogP) is 0.172. The molecule has 0 aromatic carbocycles. The number of rotatable bonds is 5. The van der Waals surface area contributed by atoms with Crippen LogP contribution in [0.2, 0.25) is 0 Å². The Morgan fingerprint density at radius 1 is 1.53 bits per heavy atom. The molecule has 5 heteroatoms. The van der Waals surface area contributed by atoms with Crippen molar-refractivity contribution in [1.82, 2.24) is 5.32 Å². The number of nitrogens with one attached hydrogen (secondary N) is 1. The van der Waals surface area contributed by atoms with Gasteiger partial charge >= 0.3 is 0 Å². The summed E-state index contributed by atoms with van der Waals surface area (Å²) < 4.78 is 22.7. The van der Waals surface area contributed by atoms with Crippen LogP contribution in [-0.4, -0.2) is 44.2 Å². The third kappa shape index (κ3) is 4.95. The minimum atomic E-state index is -2.80. The lowest BCUT2D eigenvalue weighted by atomic mass is 10.1. The first-order valence-corrected chi connectivity index (χ1v) is 7.40. The fourth-order valence-corrected chi connectivity index (χ4v) is 3.54.